The van der Waals surface area contributed by atoms with E-state index in [0.717, 1.165) is 24.7 Å². The average Bonchev–Trinajstić information content (AvgIpc) is 2.83. The molecule has 1 aliphatic rings. The Hall–Kier alpha value is -2.60. The van der Waals surface area contributed by atoms with Gasteiger partial charge in [-0.05, 0) is 109 Å². The largest absolute Gasteiger partial charge is 0.103 e. The molecule has 31 heavy (non-hydrogen) atoms. The topological polar surface area (TPSA) is 0 Å². The van der Waals surface area contributed by atoms with Crippen molar-refractivity contribution >= 4 is 10.8 Å². The number of aryl methyl sites for hydroxylation is 1. The molecule has 1 fully saturated rings. The van der Waals surface area contributed by atoms with Crippen molar-refractivity contribution in [3.8, 4) is 11.1 Å². The van der Waals surface area contributed by atoms with Crippen LogP contribution in [0.25, 0.3) is 21.9 Å². The SMILES string of the molecule is C=CCCc1ccc2cc(-c3ccc(C4CCC(CC/C=C/C)CC4)cc3)ccc2c1. The van der Waals surface area contributed by atoms with E-state index in [9.17, 15) is 0 Å². The van der Waals surface area contributed by atoms with Crippen LogP contribution in [0.3, 0.4) is 0 Å². The van der Waals surface area contributed by atoms with Gasteiger partial charge in [0.25, 0.3) is 0 Å². The Kier molecular flexibility index (Phi) is 7.41. The summed E-state index contributed by atoms with van der Waals surface area (Å²) in [6, 6.07) is 23.1. The van der Waals surface area contributed by atoms with Gasteiger partial charge in [0.05, 0.1) is 0 Å². The van der Waals surface area contributed by atoms with E-state index < -0.39 is 0 Å². The molecule has 0 heteroatoms. The van der Waals surface area contributed by atoms with Gasteiger partial charge in [0.15, 0.2) is 0 Å². The molecule has 3 aromatic carbocycles. The minimum Gasteiger partial charge on any atom is -0.103 e. The third-order valence-electron chi connectivity index (χ3n) is 7.08. The van der Waals surface area contributed by atoms with Crippen LogP contribution >= 0.6 is 0 Å². The summed E-state index contributed by atoms with van der Waals surface area (Å²) in [5.74, 6) is 1.68. The van der Waals surface area contributed by atoms with Crippen LogP contribution in [-0.4, -0.2) is 0 Å². The van der Waals surface area contributed by atoms with E-state index in [1.54, 1.807) is 0 Å². The highest BCUT2D eigenvalue weighted by molar-refractivity contribution is 5.87. The van der Waals surface area contributed by atoms with Crippen molar-refractivity contribution in [2.24, 2.45) is 5.92 Å². The van der Waals surface area contributed by atoms with Gasteiger partial charge in [-0.15, -0.1) is 6.58 Å². The quantitative estimate of drug-likeness (QED) is 0.326. The zero-order valence-corrected chi connectivity index (χ0v) is 19.0. The molecule has 0 atom stereocenters. The molecule has 160 valence electrons. The van der Waals surface area contributed by atoms with Crippen LogP contribution in [0.4, 0.5) is 0 Å². The van der Waals surface area contributed by atoms with E-state index in [4.69, 9.17) is 0 Å². The smallest absolute Gasteiger partial charge is 0.0162 e. The fourth-order valence-corrected chi connectivity index (χ4v) is 5.13. The molecule has 0 spiro atoms. The average molecular weight is 409 g/mol. The van der Waals surface area contributed by atoms with Crippen molar-refractivity contribution in [3.05, 3.63) is 96.6 Å². The second-order valence-corrected chi connectivity index (χ2v) is 9.21. The fourth-order valence-electron chi connectivity index (χ4n) is 5.13. The first-order valence-electron chi connectivity index (χ1n) is 12.1. The van der Waals surface area contributed by atoms with Crippen molar-refractivity contribution in [2.45, 2.75) is 64.2 Å². The maximum Gasteiger partial charge on any atom is -0.0162 e. The van der Waals surface area contributed by atoms with Crippen LogP contribution in [-0.2, 0) is 6.42 Å². The maximum absolute atomic E-state index is 3.83. The van der Waals surface area contributed by atoms with Gasteiger partial charge in [0.1, 0.15) is 0 Å². The van der Waals surface area contributed by atoms with Crippen molar-refractivity contribution in [1.82, 2.24) is 0 Å². The fraction of sp³-hybridized carbons (Fsp3) is 0.355. The molecule has 0 bridgehead atoms. The molecule has 0 N–H and O–H groups in total. The predicted molar refractivity (Wildman–Crippen MR) is 137 cm³/mol. The molecular weight excluding hydrogens is 372 g/mol. The molecule has 0 radical (unpaired) electrons. The van der Waals surface area contributed by atoms with E-state index in [1.807, 2.05) is 6.08 Å². The van der Waals surface area contributed by atoms with Gasteiger partial charge in [-0.1, -0.05) is 72.8 Å². The zero-order chi connectivity index (χ0) is 21.5. The molecule has 0 amide bonds. The van der Waals surface area contributed by atoms with Crippen molar-refractivity contribution in [1.29, 1.82) is 0 Å². The summed E-state index contributed by atoms with van der Waals surface area (Å²) < 4.78 is 0. The first-order chi connectivity index (χ1) is 15.3. The van der Waals surface area contributed by atoms with Gasteiger partial charge in [-0.3, -0.25) is 0 Å². The maximum atomic E-state index is 3.83. The van der Waals surface area contributed by atoms with Gasteiger partial charge in [0.2, 0.25) is 0 Å². The molecule has 0 nitrogen and oxygen atoms in total. The van der Waals surface area contributed by atoms with Gasteiger partial charge < -0.3 is 0 Å². The van der Waals surface area contributed by atoms with E-state index in [2.05, 4.69) is 86.3 Å². The Balaban J connectivity index is 1.41. The Morgan fingerprint density at radius 2 is 1.52 bits per heavy atom. The number of fused-ring (bicyclic) bond motifs is 1. The lowest BCUT2D eigenvalue weighted by atomic mass is 9.77. The first kappa shape index (κ1) is 21.6. The van der Waals surface area contributed by atoms with Gasteiger partial charge in [0, 0.05) is 0 Å². The van der Waals surface area contributed by atoms with Gasteiger partial charge >= 0.3 is 0 Å². The van der Waals surface area contributed by atoms with E-state index in [-0.39, 0.29) is 0 Å². The number of rotatable bonds is 8. The summed E-state index contributed by atoms with van der Waals surface area (Å²) in [5.41, 5.74) is 5.55. The van der Waals surface area contributed by atoms with Crippen LogP contribution in [0.15, 0.2) is 85.5 Å². The molecular formula is C31H36. The number of allylic oxidation sites excluding steroid dienone is 3. The second kappa shape index (κ2) is 10.6. The number of benzene rings is 3. The molecule has 1 aliphatic carbocycles. The monoisotopic (exact) mass is 408 g/mol. The third-order valence-corrected chi connectivity index (χ3v) is 7.08. The molecule has 3 aromatic rings. The zero-order valence-electron chi connectivity index (χ0n) is 19.0. The van der Waals surface area contributed by atoms with Gasteiger partial charge in [-0.25, -0.2) is 0 Å². The number of hydrogen-bond acceptors (Lipinski definition) is 0. The lowest BCUT2D eigenvalue weighted by Crippen LogP contribution is -2.13. The van der Waals surface area contributed by atoms with Crippen LogP contribution in [0.1, 0.15) is 68.9 Å². The summed E-state index contributed by atoms with van der Waals surface area (Å²) in [7, 11) is 0. The Bertz CT molecular complexity index is 1010. The standard InChI is InChI=1S/C31H36/c1-3-5-7-9-24-10-13-26(14-11-24)27-16-18-28(19-17-27)30-21-20-29-22-25(8-6-4-2)12-15-31(29)23-30/h3-5,12,15-24,26H,2,6-11,13-14H2,1H3/b5-3+. The minimum atomic E-state index is 0.748. The van der Waals surface area contributed by atoms with Crippen molar-refractivity contribution in [3.63, 3.8) is 0 Å². The van der Waals surface area contributed by atoms with E-state index >= 15 is 0 Å². The van der Waals surface area contributed by atoms with Crippen LogP contribution in [0, 0.1) is 5.92 Å². The summed E-state index contributed by atoms with van der Waals surface area (Å²) in [4.78, 5) is 0. The predicted octanol–water partition coefficient (Wildman–Crippen LogP) is 9.26. The van der Waals surface area contributed by atoms with Crippen LogP contribution in [0.2, 0.25) is 0 Å². The highest BCUT2D eigenvalue weighted by Crippen LogP contribution is 2.38. The molecule has 0 aromatic heterocycles. The summed E-state index contributed by atoms with van der Waals surface area (Å²) in [6.07, 6.45) is 16.7. The third kappa shape index (κ3) is 5.56. The molecule has 4 rings (SSSR count). The van der Waals surface area contributed by atoms with Crippen LogP contribution < -0.4 is 0 Å². The molecule has 0 saturated heterocycles. The second-order valence-electron chi connectivity index (χ2n) is 9.21. The van der Waals surface area contributed by atoms with Crippen molar-refractivity contribution in [2.75, 3.05) is 0 Å². The number of hydrogen-bond donors (Lipinski definition) is 0. The van der Waals surface area contributed by atoms with E-state index in [0.29, 0.717) is 0 Å². The summed E-state index contributed by atoms with van der Waals surface area (Å²) in [6.45, 7) is 5.96. The highest BCUT2D eigenvalue weighted by atomic mass is 14.3. The Morgan fingerprint density at radius 1 is 0.806 bits per heavy atom. The van der Waals surface area contributed by atoms with Crippen molar-refractivity contribution < 1.29 is 0 Å². The van der Waals surface area contributed by atoms with Crippen LogP contribution in [0.5, 0.6) is 0 Å². The Labute approximate surface area is 188 Å². The summed E-state index contributed by atoms with van der Waals surface area (Å²) >= 11 is 0. The summed E-state index contributed by atoms with van der Waals surface area (Å²) in [5, 5.41) is 2.65. The minimum absolute atomic E-state index is 0.748. The molecule has 0 aliphatic heterocycles. The molecule has 0 unspecified atom stereocenters. The first-order valence-corrected chi connectivity index (χ1v) is 12.1. The Morgan fingerprint density at radius 3 is 2.26 bits per heavy atom. The molecule has 1 saturated carbocycles. The lowest BCUT2D eigenvalue weighted by Gasteiger charge is -2.28. The highest BCUT2D eigenvalue weighted by Gasteiger charge is 2.21. The van der Waals surface area contributed by atoms with Gasteiger partial charge in [-0.2, -0.15) is 0 Å². The van der Waals surface area contributed by atoms with E-state index in [1.165, 1.54) is 71.6 Å². The normalized spacial score (nSPS) is 19.1. The molecule has 0 heterocycles. The lowest BCUT2D eigenvalue weighted by molar-refractivity contribution is 0.312.